The van der Waals surface area contributed by atoms with E-state index in [1.54, 1.807) is 0 Å². The fraction of sp³-hybridized carbons (Fsp3) is 0.667. The summed E-state index contributed by atoms with van der Waals surface area (Å²) < 4.78 is -0.553. The molecule has 68 valence electrons. The first-order valence-electron chi connectivity index (χ1n) is 2.86. The van der Waals surface area contributed by atoms with E-state index in [-0.39, 0.29) is 0 Å². The molecule has 0 N–H and O–H groups in total. The molecule has 0 aliphatic carbocycles. The molecule has 6 heteroatoms. The third-order valence-electron chi connectivity index (χ3n) is 1.05. The van der Waals surface area contributed by atoms with Crippen LogP contribution in [0.15, 0.2) is 0 Å². The van der Waals surface area contributed by atoms with E-state index in [4.69, 9.17) is 10.5 Å². The molecule has 1 unspecified atom stereocenters. The van der Waals surface area contributed by atoms with Gasteiger partial charge in [-0.2, -0.15) is 10.5 Å². The number of hydrogen-bond acceptors (Lipinski definition) is 2. The third kappa shape index (κ3) is 7.54. The van der Waals surface area contributed by atoms with Gasteiger partial charge >= 0.3 is 0 Å². The van der Waals surface area contributed by atoms with Gasteiger partial charge in [0.05, 0.1) is 12.1 Å². The zero-order chi connectivity index (χ0) is 10.0. The highest BCUT2D eigenvalue weighted by atomic mass is 80.9. The van der Waals surface area contributed by atoms with Crippen LogP contribution in [0, 0.1) is 22.7 Å². The Morgan fingerprint density at radius 3 is 2.00 bits per heavy atom. The van der Waals surface area contributed by atoms with Crippen LogP contribution in [0.5, 0.6) is 0 Å². The molecule has 0 radical (unpaired) electrons. The summed E-state index contributed by atoms with van der Waals surface area (Å²) in [5.74, 6) is 0. The van der Waals surface area contributed by atoms with Gasteiger partial charge in [0.1, 0.15) is 4.32 Å². The summed E-state index contributed by atoms with van der Waals surface area (Å²) in [6, 6.07) is 4.07. The highest BCUT2D eigenvalue weighted by Crippen LogP contribution is 2.25. The van der Waals surface area contributed by atoms with Crippen LogP contribution in [0.25, 0.3) is 0 Å². The van der Waals surface area contributed by atoms with Crippen molar-refractivity contribution in [2.75, 3.05) is 5.33 Å². The van der Waals surface area contributed by atoms with Crippen molar-refractivity contribution in [3.63, 3.8) is 0 Å². The lowest BCUT2D eigenvalue weighted by Gasteiger charge is -2.12. The Labute approximate surface area is 104 Å². The highest BCUT2D eigenvalue weighted by Gasteiger charge is 2.23. The Kier molecular flexibility index (Phi) is 12.8. The Bertz CT molecular complexity index is 183. The van der Waals surface area contributed by atoms with E-state index in [0.717, 1.165) is 0 Å². The lowest BCUT2D eigenvalue weighted by atomic mass is 10.1. The van der Waals surface area contributed by atoms with E-state index < -0.39 is 4.32 Å². The average Bonchev–Trinajstić information content (AvgIpc) is 2.17. The van der Waals surface area contributed by atoms with Crippen molar-refractivity contribution in [1.82, 2.24) is 0 Å². The Morgan fingerprint density at radius 2 is 1.75 bits per heavy atom. The fourth-order valence-corrected chi connectivity index (χ4v) is 1.01. The van der Waals surface area contributed by atoms with Crippen LogP contribution in [0.3, 0.4) is 0 Å². The van der Waals surface area contributed by atoms with Crippen molar-refractivity contribution in [1.29, 1.82) is 10.5 Å². The van der Waals surface area contributed by atoms with Gasteiger partial charge in [0.25, 0.3) is 0 Å². The molecular weight excluding hydrogens is 420 g/mol. The Hall–Kier alpha value is 0.900. The van der Waals surface area contributed by atoms with E-state index in [1.807, 2.05) is 6.07 Å². The highest BCUT2D eigenvalue weighted by molar-refractivity contribution is 9.93. The molecule has 0 saturated heterocycles. The average molecular weight is 426 g/mol. The van der Waals surface area contributed by atoms with Crippen molar-refractivity contribution in [3.8, 4) is 12.1 Å². The largest absolute Gasteiger partial charge is 0.198 e. The number of hydrogen-bond donors (Lipinski definition) is 0. The lowest BCUT2D eigenvalue weighted by Crippen LogP contribution is -2.19. The second-order valence-electron chi connectivity index (χ2n) is 1.87. The summed E-state index contributed by atoms with van der Waals surface area (Å²) in [4.78, 5) is 0. The number of rotatable bonds is 3. The predicted molar refractivity (Wildman–Crippen MR) is 63.8 cm³/mol. The van der Waals surface area contributed by atoms with Crippen LogP contribution in [-0.4, -0.2) is 9.65 Å². The zero-order valence-electron chi connectivity index (χ0n) is 6.03. The quantitative estimate of drug-likeness (QED) is 0.641. The normalized spacial score (nSPS) is 12.8. The molecule has 0 amide bonds. The van der Waals surface area contributed by atoms with E-state index in [2.05, 4.69) is 66.2 Å². The smallest absolute Gasteiger partial charge is 0.123 e. The molecule has 0 aromatic heterocycles. The molecule has 1 atom stereocenters. The van der Waals surface area contributed by atoms with Crippen LogP contribution in [0.2, 0.25) is 0 Å². The molecule has 0 aliphatic heterocycles. The van der Waals surface area contributed by atoms with Gasteiger partial charge in [-0.25, -0.2) is 0 Å². The minimum absolute atomic E-state index is 0.407. The van der Waals surface area contributed by atoms with Crippen LogP contribution < -0.4 is 0 Å². The molecule has 0 heterocycles. The summed E-state index contributed by atoms with van der Waals surface area (Å²) in [5, 5.41) is 17.4. The minimum Gasteiger partial charge on any atom is -0.198 e. The SMILES string of the molecule is BrBr.N#CCCC(Br)(C#N)CBr. The molecule has 0 bridgehead atoms. The van der Waals surface area contributed by atoms with Crippen molar-refractivity contribution in [3.05, 3.63) is 0 Å². The van der Waals surface area contributed by atoms with E-state index in [1.165, 1.54) is 0 Å². The van der Waals surface area contributed by atoms with Gasteiger partial charge in [0, 0.05) is 40.0 Å². The van der Waals surface area contributed by atoms with Gasteiger partial charge < -0.3 is 0 Å². The first-order valence-corrected chi connectivity index (χ1v) is 8.49. The Morgan fingerprint density at radius 1 is 1.25 bits per heavy atom. The molecule has 0 aromatic carbocycles. The molecule has 0 aliphatic rings. The lowest BCUT2D eigenvalue weighted by molar-refractivity contribution is 0.752. The summed E-state index contributed by atoms with van der Waals surface area (Å²) >= 11 is 11.9. The van der Waals surface area contributed by atoms with E-state index in [0.29, 0.717) is 18.2 Å². The topological polar surface area (TPSA) is 47.6 Å². The number of nitriles is 2. The summed E-state index contributed by atoms with van der Waals surface area (Å²) in [6.07, 6.45) is 0.968. The van der Waals surface area contributed by atoms with E-state index >= 15 is 0 Å². The molecule has 0 spiro atoms. The monoisotopic (exact) mass is 422 g/mol. The fourth-order valence-electron chi connectivity index (χ4n) is 0.407. The van der Waals surface area contributed by atoms with E-state index in [9.17, 15) is 0 Å². The van der Waals surface area contributed by atoms with Gasteiger partial charge in [0.15, 0.2) is 0 Å². The number of alkyl halides is 2. The molecule has 0 aromatic rings. The number of nitrogens with zero attached hydrogens (tertiary/aromatic N) is 2. The van der Waals surface area contributed by atoms with Crippen LogP contribution in [-0.2, 0) is 0 Å². The Balaban J connectivity index is 0. The van der Waals surface area contributed by atoms with Gasteiger partial charge in [0.2, 0.25) is 0 Å². The molecule has 0 saturated carbocycles. The van der Waals surface area contributed by atoms with Gasteiger partial charge in [-0.15, -0.1) is 0 Å². The third-order valence-corrected chi connectivity index (χ3v) is 3.61. The van der Waals surface area contributed by atoms with Crippen molar-refractivity contribution < 1.29 is 0 Å². The van der Waals surface area contributed by atoms with Crippen molar-refractivity contribution in [2.45, 2.75) is 17.2 Å². The van der Waals surface area contributed by atoms with Gasteiger partial charge in [-0.1, -0.05) is 31.9 Å². The maximum absolute atomic E-state index is 8.58. The second-order valence-corrected chi connectivity index (χ2v) is 3.95. The first-order chi connectivity index (χ1) is 5.68. The molecule has 12 heavy (non-hydrogen) atoms. The molecule has 2 nitrogen and oxygen atoms in total. The standard InChI is InChI=1S/C6H6Br2N2.Br2/c7-4-6(8,5-10)2-1-3-9;1-2/h1-2,4H2;. The second kappa shape index (κ2) is 9.98. The van der Waals surface area contributed by atoms with Crippen molar-refractivity contribution in [2.24, 2.45) is 0 Å². The van der Waals surface area contributed by atoms with Crippen LogP contribution >= 0.6 is 60.1 Å². The van der Waals surface area contributed by atoms with Crippen molar-refractivity contribution >= 4 is 60.1 Å². The van der Waals surface area contributed by atoms with Gasteiger partial charge in [-0.05, 0) is 6.42 Å². The predicted octanol–water partition coefficient (Wildman–Crippen LogP) is 4.03. The van der Waals surface area contributed by atoms with Gasteiger partial charge in [-0.3, -0.25) is 0 Å². The molecule has 0 fully saturated rings. The number of halogens is 4. The maximum atomic E-state index is 8.58. The summed E-state index contributed by atoms with van der Waals surface area (Å²) in [5.41, 5.74) is 0. The summed E-state index contributed by atoms with van der Waals surface area (Å²) in [6.45, 7) is 0. The minimum atomic E-state index is -0.553. The zero-order valence-corrected chi connectivity index (χ0v) is 12.4. The van der Waals surface area contributed by atoms with Crippen LogP contribution in [0.1, 0.15) is 12.8 Å². The molecule has 0 rings (SSSR count). The molecular formula is C6H6Br4N2. The summed E-state index contributed by atoms with van der Waals surface area (Å²) in [7, 11) is 0. The van der Waals surface area contributed by atoms with Crippen LogP contribution in [0.4, 0.5) is 0 Å². The maximum Gasteiger partial charge on any atom is 0.123 e. The first kappa shape index (κ1) is 15.4.